The Balaban J connectivity index is 2.16. The van der Waals surface area contributed by atoms with Crippen LogP contribution in [0.2, 0.25) is 0 Å². The van der Waals surface area contributed by atoms with Crippen molar-refractivity contribution in [1.29, 1.82) is 10.5 Å². The van der Waals surface area contributed by atoms with Crippen molar-refractivity contribution in [2.75, 3.05) is 7.11 Å². The van der Waals surface area contributed by atoms with E-state index >= 15 is 0 Å². The molecule has 0 aliphatic carbocycles. The highest BCUT2D eigenvalue weighted by Gasteiger charge is 2.22. The van der Waals surface area contributed by atoms with Gasteiger partial charge in [-0.25, -0.2) is 0 Å². The molecule has 4 nitrogen and oxygen atoms in total. The van der Waals surface area contributed by atoms with Gasteiger partial charge in [-0.3, -0.25) is 0 Å². The van der Waals surface area contributed by atoms with Gasteiger partial charge in [-0.2, -0.15) is 10.5 Å². The second-order valence-corrected chi connectivity index (χ2v) is 5.91. The lowest BCUT2D eigenvalue weighted by molar-refractivity contribution is 0.414. The number of hydrogen-bond acceptors (Lipinski definition) is 4. The number of nitrogens with zero attached hydrogens (tertiary/aromatic N) is 2. The number of ether oxygens (including phenoxy) is 1. The molecule has 0 bridgehead atoms. The van der Waals surface area contributed by atoms with Crippen molar-refractivity contribution < 1.29 is 4.74 Å². The summed E-state index contributed by atoms with van der Waals surface area (Å²) in [7, 11) is 1.63. The van der Waals surface area contributed by atoms with E-state index in [2.05, 4.69) is 33.4 Å². The molecule has 1 unspecified atom stereocenters. The predicted octanol–water partition coefficient (Wildman–Crippen LogP) is 3.95. The van der Waals surface area contributed by atoms with Crippen LogP contribution in [0, 0.1) is 28.6 Å². The molecule has 0 aromatic heterocycles. The highest BCUT2D eigenvalue weighted by atomic mass is 79.9. The smallest absolute Gasteiger partial charge is 0.152 e. The number of methoxy groups -OCH3 is 1. The minimum Gasteiger partial charge on any atom is -0.497 e. The molecule has 1 N–H and O–H groups in total. The Hall–Kier alpha value is -2.34. The van der Waals surface area contributed by atoms with Gasteiger partial charge in [-0.1, -0.05) is 40.2 Å². The molecule has 0 aliphatic rings. The topological polar surface area (TPSA) is 68.8 Å². The summed E-state index contributed by atoms with van der Waals surface area (Å²) in [5.74, 6) is 0.0413. The standard InChI is InChI=1S/C18H16BrN3O/c1-23-17-8-2-13(3-9-17)12-22-18(15(10-20)11-21)14-4-6-16(19)7-5-14/h2-9,15,18,22H,12H2,1H3. The average molecular weight is 370 g/mol. The van der Waals surface area contributed by atoms with Gasteiger partial charge >= 0.3 is 0 Å². The number of rotatable bonds is 6. The third-order valence-corrected chi connectivity index (χ3v) is 4.05. The van der Waals surface area contributed by atoms with Gasteiger partial charge in [-0.05, 0) is 35.4 Å². The van der Waals surface area contributed by atoms with Crippen LogP contribution >= 0.6 is 15.9 Å². The van der Waals surface area contributed by atoms with Crippen LogP contribution in [0.5, 0.6) is 5.75 Å². The molecule has 0 aliphatic heterocycles. The summed E-state index contributed by atoms with van der Waals surface area (Å²) in [6.45, 7) is 0.560. The molecule has 0 fully saturated rings. The van der Waals surface area contributed by atoms with Crippen molar-refractivity contribution in [1.82, 2.24) is 5.32 Å². The summed E-state index contributed by atoms with van der Waals surface area (Å²) < 4.78 is 6.10. The average Bonchev–Trinajstić information content (AvgIpc) is 2.60. The van der Waals surface area contributed by atoms with Gasteiger partial charge in [0.2, 0.25) is 0 Å². The lowest BCUT2D eigenvalue weighted by Gasteiger charge is -2.20. The summed E-state index contributed by atoms with van der Waals surface area (Å²) in [5.41, 5.74) is 1.97. The van der Waals surface area contributed by atoms with E-state index in [0.29, 0.717) is 6.54 Å². The minimum absolute atomic E-state index is 0.347. The van der Waals surface area contributed by atoms with Crippen LogP contribution in [-0.2, 0) is 6.54 Å². The van der Waals surface area contributed by atoms with Crippen LogP contribution in [0.15, 0.2) is 53.0 Å². The van der Waals surface area contributed by atoms with E-state index in [1.54, 1.807) is 7.11 Å². The molecule has 5 heteroatoms. The number of benzene rings is 2. The number of hydrogen-bond donors (Lipinski definition) is 1. The fraction of sp³-hybridized carbons (Fsp3) is 0.222. The second kappa shape index (κ2) is 8.33. The van der Waals surface area contributed by atoms with E-state index in [1.807, 2.05) is 48.5 Å². The lowest BCUT2D eigenvalue weighted by Crippen LogP contribution is -2.26. The van der Waals surface area contributed by atoms with Crippen LogP contribution < -0.4 is 10.1 Å². The zero-order valence-electron chi connectivity index (χ0n) is 12.7. The quantitative estimate of drug-likeness (QED) is 0.836. The van der Waals surface area contributed by atoms with Crippen molar-refractivity contribution in [3.05, 3.63) is 64.1 Å². The van der Waals surface area contributed by atoms with Crippen LogP contribution in [0.4, 0.5) is 0 Å². The Labute approximate surface area is 144 Å². The maximum absolute atomic E-state index is 9.24. The zero-order chi connectivity index (χ0) is 16.7. The Morgan fingerprint density at radius 1 is 1.04 bits per heavy atom. The van der Waals surface area contributed by atoms with E-state index < -0.39 is 5.92 Å². The van der Waals surface area contributed by atoms with Gasteiger partial charge in [0.05, 0.1) is 25.3 Å². The molecule has 116 valence electrons. The Kier molecular flexibility index (Phi) is 6.17. The van der Waals surface area contributed by atoms with Gasteiger partial charge in [-0.15, -0.1) is 0 Å². The normalized spacial score (nSPS) is 11.5. The Morgan fingerprint density at radius 3 is 2.17 bits per heavy atom. The third kappa shape index (κ3) is 4.56. The maximum atomic E-state index is 9.24. The monoisotopic (exact) mass is 369 g/mol. The Morgan fingerprint density at radius 2 is 1.65 bits per heavy atom. The fourth-order valence-corrected chi connectivity index (χ4v) is 2.51. The van der Waals surface area contributed by atoms with Crippen molar-refractivity contribution in [2.24, 2.45) is 5.92 Å². The molecular weight excluding hydrogens is 354 g/mol. The van der Waals surface area contributed by atoms with Crippen LogP contribution in [0.25, 0.3) is 0 Å². The van der Waals surface area contributed by atoms with Gasteiger partial charge < -0.3 is 10.1 Å². The van der Waals surface area contributed by atoms with Crippen LogP contribution in [0.1, 0.15) is 17.2 Å². The van der Waals surface area contributed by atoms with E-state index in [1.165, 1.54) is 0 Å². The van der Waals surface area contributed by atoms with Gasteiger partial charge in [0.15, 0.2) is 5.92 Å². The van der Waals surface area contributed by atoms with E-state index in [-0.39, 0.29) is 6.04 Å². The third-order valence-electron chi connectivity index (χ3n) is 3.53. The zero-order valence-corrected chi connectivity index (χ0v) is 14.2. The summed E-state index contributed by atoms with van der Waals surface area (Å²) in [6, 6.07) is 19.1. The first-order valence-electron chi connectivity index (χ1n) is 7.09. The fourth-order valence-electron chi connectivity index (χ4n) is 2.25. The molecule has 0 radical (unpaired) electrons. The van der Waals surface area contributed by atoms with Crippen LogP contribution in [-0.4, -0.2) is 7.11 Å². The van der Waals surface area contributed by atoms with E-state index in [9.17, 15) is 10.5 Å². The minimum atomic E-state index is -0.755. The molecule has 0 saturated heterocycles. The second-order valence-electron chi connectivity index (χ2n) is 4.99. The molecule has 1 atom stereocenters. The summed E-state index contributed by atoms with van der Waals surface area (Å²) in [6.07, 6.45) is 0. The molecule has 23 heavy (non-hydrogen) atoms. The summed E-state index contributed by atoms with van der Waals surface area (Å²) in [5, 5.41) is 21.8. The lowest BCUT2D eigenvalue weighted by atomic mass is 9.95. The Bertz CT molecular complexity index is 700. The van der Waals surface area contributed by atoms with E-state index in [0.717, 1.165) is 21.3 Å². The van der Waals surface area contributed by atoms with Gasteiger partial charge in [0, 0.05) is 11.0 Å². The van der Waals surface area contributed by atoms with Crippen LogP contribution in [0.3, 0.4) is 0 Å². The van der Waals surface area contributed by atoms with Gasteiger partial charge in [0.1, 0.15) is 5.75 Å². The molecule has 2 aromatic carbocycles. The molecular formula is C18H16BrN3O. The summed E-state index contributed by atoms with van der Waals surface area (Å²) >= 11 is 3.39. The van der Waals surface area contributed by atoms with Gasteiger partial charge in [0.25, 0.3) is 0 Å². The number of nitrogens with one attached hydrogen (secondary N) is 1. The number of nitriles is 2. The van der Waals surface area contributed by atoms with E-state index in [4.69, 9.17) is 4.74 Å². The van der Waals surface area contributed by atoms with Crippen molar-refractivity contribution in [3.63, 3.8) is 0 Å². The largest absolute Gasteiger partial charge is 0.497 e. The van der Waals surface area contributed by atoms with Crippen molar-refractivity contribution >= 4 is 15.9 Å². The SMILES string of the molecule is COc1ccc(CNC(c2ccc(Br)cc2)C(C#N)C#N)cc1. The van der Waals surface area contributed by atoms with Crippen molar-refractivity contribution in [3.8, 4) is 17.9 Å². The predicted molar refractivity (Wildman–Crippen MR) is 91.4 cm³/mol. The summed E-state index contributed by atoms with van der Waals surface area (Å²) in [4.78, 5) is 0. The highest BCUT2D eigenvalue weighted by molar-refractivity contribution is 9.10. The number of halogens is 1. The molecule has 0 saturated carbocycles. The molecule has 0 amide bonds. The first-order valence-corrected chi connectivity index (χ1v) is 7.88. The molecule has 2 rings (SSSR count). The highest BCUT2D eigenvalue weighted by Crippen LogP contribution is 2.24. The molecule has 0 spiro atoms. The molecule has 0 heterocycles. The molecule has 2 aromatic rings. The first-order chi connectivity index (χ1) is 11.2. The van der Waals surface area contributed by atoms with Crippen molar-refractivity contribution in [2.45, 2.75) is 12.6 Å². The maximum Gasteiger partial charge on any atom is 0.152 e. The first kappa shape index (κ1) is 17.0.